The largest absolute Gasteiger partial charge is 0.0619 e. The molecule has 0 saturated heterocycles. The average molecular weight is 613 g/mol. The normalized spacial score (nSPS) is 15.0. The Labute approximate surface area is 282 Å². The molecule has 10 rings (SSSR count). The second-order valence-corrected chi connectivity index (χ2v) is 14.8. The van der Waals surface area contributed by atoms with Crippen molar-refractivity contribution in [2.24, 2.45) is 0 Å². The van der Waals surface area contributed by atoms with Crippen molar-refractivity contribution < 1.29 is 0 Å². The van der Waals surface area contributed by atoms with Crippen LogP contribution in [-0.4, -0.2) is 0 Å². The molecule has 0 heterocycles. The van der Waals surface area contributed by atoms with Crippen LogP contribution in [0.25, 0.3) is 76.8 Å². The van der Waals surface area contributed by atoms with Crippen molar-refractivity contribution in [2.45, 2.75) is 38.5 Å². The third-order valence-corrected chi connectivity index (χ3v) is 11.7. The van der Waals surface area contributed by atoms with Crippen molar-refractivity contribution in [2.75, 3.05) is 0 Å². The molecule has 0 N–H and O–H groups in total. The summed E-state index contributed by atoms with van der Waals surface area (Å²) in [6.45, 7) is 9.53. The van der Waals surface area contributed by atoms with Crippen molar-refractivity contribution in [3.8, 4) is 44.5 Å². The Hall–Kier alpha value is -5.46. The van der Waals surface area contributed by atoms with Crippen molar-refractivity contribution in [3.05, 3.63) is 168 Å². The van der Waals surface area contributed by atoms with E-state index in [1.807, 2.05) is 0 Å². The summed E-state index contributed by atoms with van der Waals surface area (Å²) in [6.07, 6.45) is 0. The van der Waals surface area contributed by atoms with E-state index in [4.69, 9.17) is 0 Å². The Morgan fingerprint density at radius 1 is 0.292 bits per heavy atom. The number of rotatable bonds is 2. The molecule has 0 aliphatic heterocycles. The first-order valence-corrected chi connectivity index (χ1v) is 17.2. The van der Waals surface area contributed by atoms with Gasteiger partial charge in [-0.1, -0.05) is 161 Å². The molecule has 0 bridgehead atoms. The van der Waals surface area contributed by atoms with Gasteiger partial charge in [-0.05, 0) is 111 Å². The molecule has 0 heteroatoms. The molecule has 0 spiro atoms. The topological polar surface area (TPSA) is 0 Å². The Kier molecular flexibility index (Phi) is 5.50. The zero-order valence-electron chi connectivity index (χ0n) is 27.9. The van der Waals surface area contributed by atoms with Gasteiger partial charge in [0.1, 0.15) is 0 Å². The predicted octanol–water partition coefficient (Wildman–Crippen LogP) is 13.1. The first-order chi connectivity index (χ1) is 23.4. The van der Waals surface area contributed by atoms with E-state index >= 15 is 0 Å². The molecule has 0 nitrogen and oxygen atoms in total. The molecular formula is C48H36. The molecule has 228 valence electrons. The molecule has 8 aromatic carbocycles. The fraction of sp³-hybridized carbons (Fsp3) is 0.125. The van der Waals surface area contributed by atoms with Crippen LogP contribution >= 0.6 is 0 Å². The van der Waals surface area contributed by atoms with E-state index in [1.165, 1.54) is 99.1 Å². The number of hydrogen-bond donors (Lipinski definition) is 0. The Morgan fingerprint density at radius 3 is 1.35 bits per heavy atom. The molecule has 8 aromatic rings. The molecule has 0 unspecified atom stereocenters. The molecule has 0 atom stereocenters. The molecule has 0 radical (unpaired) electrons. The van der Waals surface area contributed by atoms with E-state index in [1.54, 1.807) is 0 Å². The Balaban J connectivity index is 1.30. The highest BCUT2D eigenvalue weighted by Crippen LogP contribution is 2.55. The molecular weight excluding hydrogens is 577 g/mol. The van der Waals surface area contributed by atoms with E-state index in [-0.39, 0.29) is 10.8 Å². The van der Waals surface area contributed by atoms with Crippen LogP contribution in [0.4, 0.5) is 0 Å². The summed E-state index contributed by atoms with van der Waals surface area (Å²) in [7, 11) is 0. The van der Waals surface area contributed by atoms with Gasteiger partial charge in [-0.3, -0.25) is 0 Å². The van der Waals surface area contributed by atoms with Gasteiger partial charge in [-0.15, -0.1) is 0 Å². The minimum atomic E-state index is -0.0922. The maximum atomic E-state index is 2.53. The lowest BCUT2D eigenvalue weighted by Gasteiger charge is -2.25. The zero-order valence-corrected chi connectivity index (χ0v) is 27.9. The predicted molar refractivity (Wildman–Crippen MR) is 205 cm³/mol. The standard InChI is InChI=1S/C48H36/c1-47(2)40-23-13-11-16-31(40)32-26-25-29(27-42(32)47)44-34-18-7-9-20-36(34)45(37-21-10-8-19-35(37)44)39-28-43-46(33-17-6-5-15-30(33)39)38-22-12-14-24-41(38)48(43,3)4/h5-28H,1-4H3. The van der Waals surface area contributed by atoms with E-state index in [0.717, 1.165) is 0 Å². The van der Waals surface area contributed by atoms with Crippen LogP contribution in [0.15, 0.2) is 146 Å². The van der Waals surface area contributed by atoms with E-state index in [2.05, 4.69) is 173 Å². The molecule has 0 amide bonds. The van der Waals surface area contributed by atoms with Gasteiger partial charge in [-0.25, -0.2) is 0 Å². The van der Waals surface area contributed by atoms with Gasteiger partial charge in [0.05, 0.1) is 0 Å². The fourth-order valence-electron chi connectivity index (χ4n) is 9.35. The van der Waals surface area contributed by atoms with Gasteiger partial charge in [0, 0.05) is 10.8 Å². The van der Waals surface area contributed by atoms with E-state index in [9.17, 15) is 0 Å². The minimum Gasteiger partial charge on any atom is -0.0619 e. The monoisotopic (exact) mass is 612 g/mol. The average Bonchev–Trinajstić information content (AvgIpc) is 3.49. The van der Waals surface area contributed by atoms with Crippen LogP contribution in [0, 0.1) is 0 Å². The quantitative estimate of drug-likeness (QED) is 0.170. The molecule has 0 saturated carbocycles. The first-order valence-electron chi connectivity index (χ1n) is 17.2. The van der Waals surface area contributed by atoms with Crippen LogP contribution in [0.5, 0.6) is 0 Å². The van der Waals surface area contributed by atoms with Gasteiger partial charge in [0.25, 0.3) is 0 Å². The zero-order chi connectivity index (χ0) is 32.4. The fourth-order valence-corrected chi connectivity index (χ4v) is 9.35. The molecule has 0 aromatic heterocycles. The lowest BCUT2D eigenvalue weighted by molar-refractivity contribution is 0.660. The second kappa shape index (κ2) is 9.55. The lowest BCUT2D eigenvalue weighted by Crippen LogP contribution is -2.15. The third-order valence-electron chi connectivity index (χ3n) is 11.7. The summed E-state index contributed by atoms with van der Waals surface area (Å²) in [5.74, 6) is 0. The minimum absolute atomic E-state index is 0.0544. The molecule has 2 aliphatic carbocycles. The molecule has 0 fully saturated rings. The summed E-state index contributed by atoms with van der Waals surface area (Å²) < 4.78 is 0. The summed E-state index contributed by atoms with van der Waals surface area (Å²) >= 11 is 0. The van der Waals surface area contributed by atoms with Crippen LogP contribution in [0.2, 0.25) is 0 Å². The van der Waals surface area contributed by atoms with Gasteiger partial charge < -0.3 is 0 Å². The SMILES string of the molecule is CC1(C)c2ccccc2-c2ccc(-c3c4ccccc4c(-c4cc5c(c6ccccc46)-c4ccccc4C5(C)C)c4ccccc34)cc21. The summed E-state index contributed by atoms with van der Waals surface area (Å²) in [6, 6.07) is 54.9. The smallest absolute Gasteiger partial charge is 0.0159 e. The summed E-state index contributed by atoms with van der Waals surface area (Å²) in [5, 5.41) is 7.84. The Morgan fingerprint density at radius 2 is 0.729 bits per heavy atom. The van der Waals surface area contributed by atoms with Crippen molar-refractivity contribution >= 4 is 32.3 Å². The van der Waals surface area contributed by atoms with Crippen molar-refractivity contribution in [1.29, 1.82) is 0 Å². The van der Waals surface area contributed by atoms with E-state index in [0.29, 0.717) is 0 Å². The maximum absolute atomic E-state index is 2.53. The summed E-state index contributed by atoms with van der Waals surface area (Å²) in [5.41, 5.74) is 16.2. The first kappa shape index (κ1) is 27.6. The summed E-state index contributed by atoms with van der Waals surface area (Å²) in [4.78, 5) is 0. The highest BCUT2D eigenvalue weighted by Gasteiger charge is 2.38. The third kappa shape index (κ3) is 3.50. The number of hydrogen-bond acceptors (Lipinski definition) is 0. The number of benzene rings is 8. The van der Waals surface area contributed by atoms with Gasteiger partial charge >= 0.3 is 0 Å². The van der Waals surface area contributed by atoms with Crippen LogP contribution in [-0.2, 0) is 10.8 Å². The van der Waals surface area contributed by atoms with Gasteiger partial charge in [-0.2, -0.15) is 0 Å². The highest BCUT2D eigenvalue weighted by molar-refractivity contribution is 6.24. The Bertz CT molecular complexity index is 2610. The van der Waals surface area contributed by atoms with Crippen molar-refractivity contribution in [1.82, 2.24) is 0 Å². The van der Waals surface area contributed by atoms with Crippen LogP contribution in [0.1, 0.15) is 49.9 Å². The highest BCUT2D eigenvalue weighted by atomic mass is 14.4. The lowest BCUT2D eigenvalue weighted by atomic mass is 9.78. The van der Waals surface area contributed by atoms with Crippen molar-refractivity contribution in [3.63, 3.8) is 0 Å². The molecule has 2 aliphatic rings. The van der Waals surface area contributed by atoms with Gasteiger partial charge in [0.2, 0.25) is 0 Å². The maximum Gasteiger partial charge on any atom is 0.0159 e. The number of fused-ring (bicyclic) bond motifs is 10. The second-order valence-electron chi connectivity index (χ2n) is 14.8. The molecule has 48 heavy (non-hydrogen) atoms. The van der Waals surface area contributed by atoms with Crippen LogP contribution in [0.3, 0.4) is 0 Å². The van der Waals surface area contributed by atoms with E-state index < -0.39 is 0 Å². The van der Waals surface area contributed by atoms with Crippen LogP contribution < -0.4 is 0 Å². The van der Waals surface area contributed by atoms with Gasteiger partial charge in [0.15, 0.2) is 0 Å².